The Bertz CT molecular complexity index is 4420. The Hall–Kier alpha value is -11.0. The average molecular weight is 982 g/mol. The molecule has 0 saturated heterocycles. The first-order valence-electron chi connectivity index (χ1n) is 24.0. The normalized spacial score (nSPS) is 11.3. The van der Waals surface area contributed by atoms with E-state index in [1.54, 1.807) is 66.7 Å². The molecule has 0 N–H and O–H groups in total. The Kier molecular flexibility index (Phi) is 11.1. The van der Waals surface area contributed by atoms with Gasteiger partial charge >= 0.3 is 6.18 Å². The van der Waals surface area contributed by atoms with Crippen LogP contribution in [0.25, 0.3) is 111 Å². The fraction of sp³-hybridized carbons (Fsp3) is 0.0152. The van der Waals surface area contributed by atoms with Gasteiger partial charge in [-0.15, -0.1) is 0 Å². The van der Waals surface area contributed by atoms with Crippen molar-refractivity contribution in [2.45, 2.75) is 6.18 Å². The standard InChI is InChI=1S/C66H34F3N7/c67-66(68,69)49-24-29-63(75-59-25-20-40(50-15-5-1-10-44(50)35-70)30-54(59)55-31-41(21-26-60(55)75)51-16-6-2-11-45(51)36-71)58(34-49)65-48(39-74)14-9-19-64(65)76-61-27-22-42(52-17-7-3-12-46(52)37-72)32-56(61)57-33-43(23-28-62(57)76)53-18-8-4-13-47(53)38-73/h1-34H. The van der Waals surface area contributed by atoms with Gasteiger partial charge in [0.1, 0.15) is 0 Å². The molecule has 0 radical (unpaired) electrons. The van der Waals surface area contributed by atoms with E-state index in [0.29, 0.717) is 77.9 Å². The monoisotopic (exact) mass is 981 g/mol. The van der Waals surface area contributed by atoms with Crippen molar-refractivity contribution in [3.63, 3.8) is 0 Å². The van der Waals surface area contributed by atoms with Gasteiger partial charge in [-0.25, -0.2) is 0 Å². The first-order chi connectivity index (χ1) is 37.1. The molecule has 0 saturated carbocycles. The van der Waals surface area contributed by atoms with E-state index in [0.717, 1.165) is 55.9 Å². The van der Waals surface area contributed by atoms with Crippen LogP contribution in [-0.2, 0) is 6.18 Å². The SMILES string of the molecule is N#Cc1ccccc1-c1ccc2c(c1)c1cc(-c3ccccc3C#N)ccc1n2-c1ccc(C(F)(F)F)cc1-c1c(C#N)cccc1-n1c2ccc(-c3ccccc3C#N)cc2c2cc(-c3ccccc3C#N)ccc21. The zero-order chi connectivity index (χ0) is 52.2. The van der Waals surface area contributed by atoms with Crippen LogP contribution in [0.3, 0.4) is 0 Å². The van der Waals surface area contributed by atoms with Crippen molar-refractivity contribution < 1.29 is 13.2 Å². The topological polar surface area (TPSA) is 129 Å². The molecule has 10 heteroatoms. The molecule has 0 fully saturated rings. The highest BCUT2D eigenvalue weighted by atomic mass is 19.4. The van der Waals surface area contributed by atoms with Crippen LogP contribution in [0.1, 0.15) is 33.4 Å². The van der Waals surface area contributed by atoms with Crippen molar-refractivity contribution in [3.8, 4) is 97.4 Å². The second-order valence-corrected chi connectivity index (χ2v) is 18.3. The van der Waals surface area contributed by atoms with Gasteiger partial charge in [-0.1, -0.05) is 103 Å². The quantitative estimate of drug-likeness (QED) is 0.157. The molecule has 354 valence electrons. The van der Waals surface area contributed by atoms with Crippen molar-refractivity contribution in [2.24, 2.45) is 0 Å². The van der Waals surface area contributed by atoms with Gasteiger partial charge in [0.05, 0.1) is 97.2 Å². The maximum absolute atomic E-state index is 15.3. The fourth-order valence-corrected chi connectivity index (χ4v) is 10.8. The number of benzene rings is 10. The molecule has 0 aliphatic carbocycles. The van der Waals surface area contributed by atoms with Gasteiger partial charge in [0.25, 0.3) is 0 Å². The van der Waals surface area contributed by atoms with Gasteiger partial charge in [-0.05, 0) is 148 Å². The van der Waals surface area contributed by atoms with E-state index in [1.807, 2.05) is 130 Å². The van der Waals surface area contributed by atoms with Crippen LogP contribution in [0, 0.1) is 56.7 Å². The number of hydrogen-bond donors (Lipinski definition) is 0. The second kappa shape index (κ2) is 18.3. The van der Waals surface area contributed by atoms with Crippen molar-refractivity contribution >= 4 is 43.6 Å². The summed E-state index contributed by atoms with van der Waals surface area (Å²) in [6.45, 7) is 0. The highest BCUT2D eigenvalue weighted by Gasteiger charge is 2.33. The molecular formula is C66H34F3N7. The maximum atomic E-state index is 15.3. The number of nitrogens with zero attached hydrogens (tertiary/aromatic N) is 7. The molecule has 12 aromatic rings. The lowest BCUT2D eigenvalue weighted by molar-refractivity contribution is -0.137. The number of hydrogen-bond acceptors (Lipinski definition) is 5. The van der Waals surface area contributed by atoms with Gasteiger partial charge in [0.15, 0.2) is 0 Å². The van der Waals surface area contributed by atoms with Crippen molar-refractivity contribution in [2.75, 3.05) is 0 Å². The van der Waals surface area contributed by atoms with E-state index in [2.05, 4.69) is 30.3 Å². The second-order valence-electron chi connectivity index (χ2n) is 18.3. The third-order valence-corrected chi connectivity index (χ3v) is 14.2. The fourth-order valence-electron chi connectivity index (χ4n) is 10.8. The third-order valence-electron chi connectivity index (χ3n) is 14.2. The molecule has 0 unspecified atom stereocenters. The summed E-state index contributed by atoms with van der Waals surface area (Å²) in [5, 5.41) is 54.7. The summed E-state index contributed by atoms with van der Waals surface area (Å²) >= 11 is 0. The molecule has 0 amide bonds. The Morgan fingerprint density at radius 3 is 0.974 bits per heavy atom. The van der Waals surface area contributed by atoms with Crippen LogP contribution in [0.4, 0.5) is 13.2 Å². The van der Waals surface area contributed by atoms with Crippen LogP contribution in [0.2, 0.25) is 0 Å². The van der Waals surface area contributed by atoms with Gasteiger partial charge in [0, 0.05) is 32.7 Å². The summed E-state index contributed by atoms with van der Waals surface area (Å²) in [6, 6.07) is 72.6. The van der Waals surface area contributed by atoms with Crippen LogP contribution >= 0.6 is 0 Å². The van der Waals surface area contributed by atoms with Gasteiger partial charge in [0.2, 0.25) is 0 Å². The smallest absolute Gasteiger partial charge is 0.309 e. The molecule has 0 aliphatic heterocycles. The first kappa shape index (κ1) is 46.1. The lowest BCUT2D eigenvalue weighted by Gasteiger charge is -2.21. The molecule has 76 heavy (non-hydrogen) atoms. The molecule has 12 rings (SSSR count). The van der Waals surface area contributed by atoms with Crippen LogP contribution in [-0.4, -0.2) is 9.13 Å². The Labute approximate surface area is 433 Å². The summed E-state index contributed by atoms with van der Waals surface area (Å²) in [6.07, 6.45) is -4.78. The highest BCUT2D eigenvalue weighted by Crippen LogP contribution is 2.46. The summed E-state index contributed by atoms with van der Waals surface area (Å²) in [5.41, 5.74) is 10.8. The maximum Gasteiger partial charge on any atom is 0.416 e. The Balaban J connectivity index is 1.17. The predicted octanol–water partition coefficient (Wildman–Crippen LogP) is 16.6. The molecule has 0 bridgehead atoms. The molecular weight excluding hydrogens is 948 g/mol. The summed E-state index contributed by atoms with van der Waals surface area (Å²) in [5.74, 6) is 0. The summed E-state index contributed by atoms with van der Waals surface area (Å²) < 4.78 is 49.7. The number of nitriles is 5. The van der Waals surface area contributed by atoms with E-state index in [1.165, 1.54) is 6.07 Å². The first-order valence-corrected chi connectivity index (χ1v) is 24.0. The van der Waals surface area contributed by atoms with E-state index in [9.17, 15) is 26.3 Å². The minimum Gasteiger partial charge on any atom is -0.309 e. The number of alkyl halides is 3. The Morgan fingerprint density at radius 2 is 0.632 bits per heavy atom. The molecule has 2 heterocycles. The van der Waals surface area contributed by atoms with Crippen molar-refractivity contribution in [3.05, 3.63) is 240 Å². The highest BCUT2D eigenvalue weighted by molar-refractivity contribution is 6.14. The van der Waals surface area contributed by atoms with Gasteiger partial charge in [-0.3, -0.25) is 0 Å². The minimum atomic E-state index is -4.78. The van der Waals surface area contributed by atoms with Gasteiger partial charge < -0.3 is 9.13 Å². The summed E-state index contributed by atoms with van der Waals surface area (Å²) in [7, 11) is 0. The largest absolute Gasteiger partial charge is 0.416 e. The lowest BCUT2D eigenvalue weighted by atomic mass is 9.94. The number of halogens is 3. The van der Waals surface area contributed by atoms with Crippen LogP contribution in [0.15, 0.2) is 206 Å². The van der Waals surface area contributed by atoms with E-state index >= 15 is 13.2 Å². The molecule has 7 nitrogen and oxygen atoms in total. The number of fused-ring (bicyclic) bond motifs is 6. The lowest BCUT2D eigenvalue weighted by Crippen LogP contribution is -2.08. The van der Waals surface area contributed by atoms with E-state index in [-0.39, 0.29) is 16.7 Å². The Morgan fingerprint density at radius 1 is 0.303 bits per heavy atom. The molecule has 0 aliphatic rings. The molecule has 2 aromatic heterocycles. The number of rotatable bonds is 7. The third kappa shape index (κ3) is 7.49. The molecule has 0 atom stereocenters. The van der Waals surface area contributed by atoms with Crippen LogP contribution < -0.4 is 0 Å². The molecule has 0 spiro atoms. The van der Waals surface area contributed by atoms with Gasteiger partial charge in [-0.2, -0.15) is 39.5 Å². The van der Waals surface area contributed by atoms with E-state index < -0.39 is 11.7 Å². The predicted molar refractivity (Wildman–Crippen MR) is 291 cm³/mol. The zero-order valence-corrected chi connectivity index (χ0v) is 39.9. The van der Waals surface area contributed by atoms with E-state index in [4.69, 9.17) is 0 Å². The molecule has 10 aromatic carbocycles. The zero-order valence-electron chi connectivity index (χ0n) is 39.9. The number of aromatic nitrogens is 2. The summed E-state index contributed by atoms with van der Waals surface area (Å²) in [4.78, 5) is 0. The van der Waals surface area contributed by atoms with Crippen molar-refractivity contribution in [1.29, 1.82) is 26.3 Å². The van der Waals surface area contributed by atoms with Crippen LogP contribution in [0.5, 0.6) is 0 Å². The van der Waals surface area contributed by atoms with Crippen molar-refractivity contribution in [1.82, 2.24) is 9.13 Å². The average Bonchev–Trinajstić information content (AvgIpc) is 4.10. The minimum absolute atomic E-state index is 0.124.